The quantitative estimate of drug-likeness (QED) is 0.651. The van der Waals surface area contributed by atoms with Crippen LogP contribution >= 0.6 is 0 Å². The number of rotatable bonds is 4. The zero-order valence-corrected chi connectivity index (χ0v) is 19.6. The average molecular weight is 477 g/mol. The van der Waals surface area contributed by atoms with Gasteiger partial charge in [-0.25, -0.2) is 13.2 Å². The molecule has 3 saturated carbocycles. The highest BCUT2D eigenvalue weighted by atomic mass is 19.1. The van der Waals surface area contributed by atoms with Crippen LogP contribution in [0.15, 0.2) is 23.8 Å². The Kier molecular flexibility index (Phi) is 5.70. The highest BCUT2D eigenvalue weighted by Crippen LogP contribution is 2.66. The maximum atomic E-state index is 13.9. The van der Waals surface area contributed by atoms with Crippen LogP contribution in [0.4, 0.5) is 13.2 Å². The summed E-state index contributed by atoms with van der Waals surface area (Å²) in [6, 6.07) is 1.05. The first-order chi connectivity index (χ1) is 16.0. The number of fused-ring (bicyclic) bond motifs is 5. The van der Waals surface area contributed by atoms with Gasteiger partial charge in [0.05, 0.1) is 6.10 Å². The lowest BCUT2D eigenvalue weighted by Crippen LogP contribution is -2.57. The molecule has 0 amide bonds. The topological polar surface area (TPSA) is 63.6 Å². The van der Waals surface area contributed by atoms with Gasteiger partial charge in [0.2, 0.25) is 0 Å². The molecular formula is C27H31F3O4. The number of Topliss-reactive ketones (excluding diaryl/α,β-unsaturated/α-hetero) is 1. The molecule has 1 aromatic carbocycles. The van der Waals surface area contributed by atoms with Gasteiger partial charge in [-0.2, -0.15) is 0 Å². The second kappa shape index (κ2) is 8.21. The number of carbonyl (C=O) groups excluding carboxylic acids is 2. The van der Waals surface area contributed by atoms with Gasteiger partial charge in [0.1, 0.15) is 12.4 Å². The van der Waals surface area contributed by atoms with Crippen LogP contribution in [0.1, 0.15) is 58.8 Å². The van der Waals surface area contributed by atoms with Crippen LogP contribution in [-0.2, 0) is 9.59 Å². The van der Waals surface area contributed by atoms with Crippen molar-refractivity contribution in [3.8, 4) is 5.75 Å². The molecule has 1 N–H and O–H groups in total. The van der Waals surface area contributed by atoms with Crippen molar-refractivity contribution in [3.05, 3.63) is 41.2 Å². The first kappa shape index (κ1) is 23.6. The molecule has 7 atom stereocenters. The van der Waals surface area contributed by atoms with Crippen LogP contribution in [-0.4, -0.2) is 29.4 Å². The van der Waals surface area contributed by atoms with Gasteiger partial charge in [-0.3, -0.25) is 9.59 Å². The van der Waals surface area contributed by atoms with Crippen molar-refractivity contribution in [2.45, 2.75) is 64.9 Å². The second-order valence-corrected chi connectivity index (χ2v) is 11.2. The summed E-state index contributed by atoms with van der Waals surface area (Å²) in [7, 11) is 0. The Morgan fingerprint density at radius 1 is 1.12 bits per heavy atom. The monoisotopic (exact) mass is 476 g/mol. The normalized spacial score (nSPS) is 39.1. The highest BCUT2D eigenvalue weighted by molar-refractivity contribution is 5.91. The number of ketones is 2. The molecule has 6 unspecified atom stereocenters. The minimum atomic E-state index is -1.18. The summed E-state index contributed by atoms with van der Waals surface area (Å²) >= 11 is 0. The number of hydrogen-bond donors (Lipinski definition) is 1. The maximum absolute atomic E-state index is 13.9. The zero-order chi connectivity index (χ0) is 24.4. The van der Waals surface area contributed by atoms with Crippen molar-refractivity contribution < 1.29 is 32.6 Å². The van der Waals surface area contributed by atoms with E-state index in [1.165, 1.54) is 0 Å². The summed E-state index contributed by atoms with van der Waals surface area (Å²) in [4.78, 5) is 25.2. The van der Waals surface area contributed by atoms with Crippen molar-refractivity contribution in [2.75, 3.05) is 6.61 Å². The molecule has 34 heavy (non-hydrogen) atoms. The van der Waals surface area contributed by atoms with Crippen molar-refractivity contribution in [1.29, 1.82) is 0 Å². The minimum absolute atomic E-state index is 0.0613. The van der Waals surface area contributed by atoms with Crippen molar-refractivity contribution in [2.24, 2.45) is 34.5 Å². The minimum Gasteiger partial charge on any atom is -0.480 e. The van der Waals surface area contributed by atoms with Gasteiger partial charge in [-0.05, 0) is 73.2 Å². The van der Waals surface area contributed by atoms with Crippen LogP contribution in [0.3, 0.4) is 0 Å². The number of hydrogen-bond acceptors (Lipinski definition) is 4. The summed E-state index contributed by atoms with van der Waals surface area (Å²) in [6.45, 7) is 3.75. The fourth-order valence-electron chi connectivity index (χ4n) is 8.13. The number of benzene rings is 1. The highest BCUT2D eigenvalue weighted by Gasteiger charge is 2.62. The summed E-state index contributed by atoms with van der Waals surface area (Å²) < 4.78 is 46.2. The number of allylic oxidation sites excluding steroid dienone is 1. The number of carbonyl (C=O) groups is 2. The zero-order valence-electron chi connectivity index (χ0n) is 19.6. The predicted molar refractivity (Wildman–Crippen MR) is 118 cm³/mol. The summed E-state index contributed by atoms with van der Waals surface area (Å²) in [6.07, 6.45) is 6.18. The molecule has 0 aromatic heterocycles. The molecule has 4 nitrogen and oxygen atoms in total. The summed E-state index contributed by atoms with van der Waals surface area (Å²) in [5, 5.41) is 11.4. The van der Waals surface area contributed by atoms with Gasteiger partial charge >= 0.3 is 0 Å². The third-order valence-corrected chi connectivity index (χ3v) is 9.60. The lowest BCUT2D eigenvalue weighted by molar-refractivity contribution is -0.146. The van der Waals surface area contributed by atoms with Crippen molar-refractivity contribution >= 4 is 11.6 Å². The van der Waals surface area contributed by atoms with E-state index in [4.69, 9.17) is 4.74 Å². The molecule has 184 valence electrons. The van der Waals surface area contributed by atoms with E-state index >= 15 is 0 Å². The van der Waals surface area contributed by atoms with Crippen LogP contribution in [0.2, 0.25) is 0 Å². The first-order valence-electron chi connectivity index (χ1n) is 12.3. The van der Waals surface area contributed by atoms with E-state index in [1.807, 2.05) is 0 Å². The third kappa shape index (κ3) is 3.53. The molecule has 4 aliphatic carbocycles. The standard InChI is InChI=1S/C27H31F3O4/c1-26-8-7-16(31)9-14(26)3-4-17-18-5-6-19(27(18,2)12-22(32)24(17)26)23(33)13-34-25-20(29)10-15(28)11-21(25)30/h9-11,17-19,22,24,32H,3-8,12-13H2,1-2H3/t17?,18?,19?,22-,24?,26?,27?/m0/s1. The lowest BCUT2D eigenvalue weighted by atomic mass is 9.46. The average Bonchev–Trinajstić information content (AvgIpc) is 3.09. The molecule has 0 saturated heterocycles. The molecule has 0 heterocycles. The van der Waals surface area contributed by atoms with E-state index in [-0.39, 0.29) is 40.7 Å². The summed E-state index contributed by atoms with van der Waals surface area (Å²) in [5.41, 5.74) is 0.540. The predicted octanol–water partition coefficient (Wildman–Crippen LogP) is 5.17. The molecule has 3 fully saturated rings. The van der Waals surface area contributed by atoms with E-state index in [0.29, 0.717) is 31.4 Å². The third-order valence-electron chi connectivity index (χ3n) is 9.60. The van der Waals surface area contributed by atoms with Crippen LogP contribution in [0.25, 0.3) is 0 Å². The van der Waals surface area contributed by atoms with E-state index < -0.39 is 41.3 Å². The Labute approximate surface area is 197 Å². The van der Waals surface area contributed by atoms with Gasteiger partial charge < -0.3 is 9.84 Å². The smallest absolute Gasteiger partial charge is 0.191 e. The van der Waals surface area contributed by atoms with Gasteiger partial charge in [0, 0.05) is 24.5 Å². The van der Waals surface area contributed by atoms with E-state index in [0.717, 1.165) is 31.3 Å². The Morgan fingerprint density at radius 3 is 2.53 bits per heavy atom. The largest absolute Gasteiger partial charge is 0.480 e. The van der Waals surface area contributed by atoms with Crippen molar-refractivity contribution in [3.63, 3.8) is 0 Å². The maximum Gasteiger partial charge on any atom is 0.191 e. The number of aliphatic hydroxyl groups is 1. The number of halogens is 3. The Morgan fingerprint density at radius 2 is 1.82 bits per heavy atom. The molecule has 5 rings (SSSR count). The second-order valence-electron chi connectivity index (χ2n) is 11.2. The van der Waals surface area contributed by atoms with Gasteiger partial charge in [-0.1, -0.05) is 19.4 Å². The molecule has 0 bridgehead atoms. The molecule has 7 heteroatoms. The molecule has 0 radical (unpaired) electrons. The van der Waals surface area contributed by atoms with Crippen LogP contribution < -0.4 is 4.74 Å². The van der Waals surface area contributed by atoms with E-state index in [9.17, 15) is 27.9 Å². The van der Waals surface area contributed by atoms with Crippen molar-refractivity contribution in [1.82, 2.24) is 0 Å². The van der Waals surface area contributed by atoms with Crippen LogP contribution in [0.5, 0.6) is 5.75 Å². The fraction of sp³-hybridized carbons (Fsp3) is 0.630. The lowest BCUT2D eigenvalue weighted by Gasteiger charge is -2.59. The SMILES string of the molecule is CC12CCC(=O)C=C1CCC1C2[C@@H](O)CC2(C)C(C(=O)COc3c(F)cc(F)cc3F)CCC12. The van der Waals surface area contributed by atoms with Gasteiger partial charge in [0.15, 0.2) is 29.0 Å². The molecule has 4 aliphatic rings. The Balaban J connectivity index is 1.35. The van der Waals surface area contributed by atoms with E-state index in [2.05, 4.69) is 13.8 Å². The molecule has 0 spiro atoms. The molecular weight excluding hydrogens is 445 g/mol. The fourth-order valence-corrected chi connectivity index (χ4v) is 8.13. The molecule has 1 aromatic rings. The number of ether oxygens (including phenoxy) is 1. The summed E-state index contributed by atoms with van der Waals surface area (Å²) in [5.74, 6) is -4.03. The van der Waals surface area contributed by atoms with Gasteiger partial charge in [-0.15, -0.1) is 0 Å². The van der Waals surface area contributed by atoms with Crippen LogP contribution in [0, 0.1) is 52.0 Å². The Hall–Kier alpha value is -2.15. The Bertz CT molecular complexity index is 1040. The van der Waals surface area contributed by atoms with E-state index in [1.54, 1.807) is 6.08 Å². The molecule has 0 aliphatic heterocycles. The van der Waals surface area contributed by atoms with Gasteiger partial charge in [0.25, 0.3) is 0 Å². The number of aliphatic hydroxyl groups excluding tert-OH is 1. The first-order valence-corrected chi connectivity index (χ1v) is 12.3.